The zero-order valence-corrected chi connectivity index (χ0v) is 11.6. The van der Waals surface area contributed by atoms with E-state index in [9.17, 15) is 4.79 Å². The van der Waals surface area contributed by atoms with E-state index in [4.69, 9.17) is 0 Å². The van der Waals surface area contributed by atoms with E-state index in [-0.39, 0.29) is 17.4 Å². The van der Waals surface area contributed by atoms with Crippen molar-refractivity contribution in [1.82, 2.24) is 31.3 Å². The summed E-state index contributed by atoms with van der Waals surface area (Å²) in [5, 5.41) is 20.1. The Kier molecular flexibility index (Phi) is 4.47. The fraction of sp³-hybridized carbons (Fsp3) is 0.833. The Hall–Kier alpha value is -1.50. The van der Waals surface area contributed by atoms with Crippen molar-refractivity contribution < 1.29 is 4.79 Å². The number of nitrogens with zero attached hydrogens (tertiary/aromatic N) is 3. The van der Waals surface area contributed by atoms with E-state index in [1.807, 2.05) is 6.92 Å². The number of tetrazole rings is 1. The lowest BCUT2D eigenvalue weighted by Crippen LogP contribution is -2.48. The molecule has 1 atom stereocenters. The maximum Gasteiger partial charge on any atom is 0.226 e. The highest BCUT2D eigenvalue weighted by molar-refractivity contribution is 5.83. The van der Waals surface area contributed by atoms with Gasteiger partial charge in [-0.1, -0.05) is 18.6 Å². The fourth-order valence-electron chi connectivity index (χ4n) is 2.74. The Balaban J connectivity index is 2.03. The molecule has 7 nitrogen and oxygen atoms in total. The van der Waals surface area contributed by atoms with Gasteiger partial charge in [0.1, 0.15) is 0 Å². The quantitative estimate of drug-likeness (QED) is 0.723. The van der Waals surface area contributed by atoms with Crippen LogP contribution in [0.15, 0.2) is 0 Å². The molecule has 2 heterocycles. The number of amides is 1. The maximum atomic E-state index is 12.6. The van der Waals surface area contributed by atoms with E-state index in [2.05, 4.69) is 38.2 Å². The van der Waals surface area contributed by atoms with E-state index < -0.39 is 0 Å². The first-order valence-corrected chi connectivity index (χ1v) is 6.93. The molecule has 1 aromatic heterocycles. The molecule has 1 amide bonds. The minimum absolute atomic E-state index is 0.119. The van der Waals surface area contributed by atoms with Gasteiger partial charge < -0.3 is 10.6 Å². The molecule has 0 radical (unpaired) electrons. The molecule has 0 spiro atoms. The van der Waals surface area contributed by atoms with Gasteiger partial charge in [0.2, 0.25) is 5.91 Å². The highest BCUT2D eigenvalue weighted by atomic mass is 16.2. The predicted molar refractivity (Wildman–Crippen MR) is 70.2 cm³/mol. The zero-order valence-electron chi connectivity index (χ0n) is 11.6. The molecule has 1 aliphatic rings. The Morgan fingerprint density at radius 2 is 2.21 bits per heavy atom. The molecule has 7 heteroatoms. The van der Waals surface area contributed by atoms with E-state index in [0.29, 0.717) is 5.82 Å². The third-order valence-corrected chi connectivity index (χ3v) is 3.87. The third kappa shape index (κ3) is 3.09. The number of piperidine rings is 1. The third-order valence-electron chi connectivity index (χ3n) is 3.87. The molecule has 3 N–H and O–H groups in total. The lowest BCUT2D eigenvalue weighted by Gasteiger charge is -2.36. The van der Waals surface area contributed by atoms with Crippen molar-refractivity contribution in [3.05, 3.63) is 5.82 Å². The predicted octanol–water partition coefficient (Wildman–Crippen LogP) is 0.547. The van der Waals surface area contributed by atoms with Crippen LogP contribution in [0, 0.1) is 5.41 Å². The summed E-state index contributed by atoms with van der Waals surface area (Å²) in [6, 6.07) is -0.213. The smallest absolute Gasteiger partial charge is 0.226 e. The number of carbonyl (C=O) groups excluding carboxylic acids is 1. The van der Waals surface area contributed by atoms with Crippen LogP contribution in [0.5, 0.6) is 0 Å². The number of H-pyrrole nitrogens is 1. The topological polar surface area (TPSA) is 95.6 Å². The van der Waals surface area contributed by atoms with Gasteiger partial charge in [0.25, 0.3) is 0 Å². The normalized spacial score (nSPS) is 19.9. The number of hydrogen-bond acceptors (Lipinski definition) is 5. The molecule has 0 bridgehead atoms. The van der Waals surface area contributed by atoms with E-state index >= 15 is 0 Å². The molecule has 1 aromatic rings. The summed E-state index contributed by atoms with van der Waals surface area (Å²) >= 11 is 0. The number of aromatic nitrogens is 4. The first kappa shape index (κ1) is 13.9. The van der Waals surface area contributed by atoms with Gasteiger partial charge in [-0.15, -0.1) is 10.2 Å². The Labute approximate surface area is 112 Å². The highest BCUT2D eigenvalue weighted by Crippen LogP contribution is 2.34. The highest BCUT2D eigenvalue weighted by Gasteiger charge is 2.39. The zero-order chi connectivity index (χ0) is 13.7. The molecule has 1 unspecified atom stereocenters. The van der Waals surface area contributed by atoms with Crippen LogP contribution in [0.1, 0.15) is 51.4 Å². The van der Waals surface area contributed by atoms with Crippen molar-refractivity contribution in [2.24, 2.45) is 5.41 Å². The molecule has 19 heavy (non-hydrogen) atoms. The number of nitrogens with one attached hydrogen (secondary N) is 3. The summed E-state index contributed by atoms with van der Waals surface area (Å²) < 4.78 is 0. The van der Waals surface area contributed by atoms with Crippen LogP contribution < -0.4 is 10.6 Å². The summed E-state index contributed by atoms with van der Waals surface area (Å²) in [6.07, 6.45) is 3.74. The molecule has 0 aliphatic carbocycles. The lowest BCUT2D eigenvalue weighted by atomic mass is 9.74. The van der Waals surface area contributed by atoms with Crippen molar-refractivity contribution in [3.63, 3.8) is 0 Å². The van der Waals surface area contributed by atoms with Crippen molar-refractivity contribution >= 4 is 5.91 Å². The standard InChI is InChI=1S/C12H22N6O/c1-3-4-12(5-7-13-8-6-12)11(19)14-9(2)10-15-17-18-16-10/h9,13H,3-8H2,1-2H3,(H,14,19)(H,15,16,17,18). The van der Waals surface area contributed by atoms with Crippen LogP contribution in [0.2, 0.25) is 0 Å². The summed E-state index contributed by atoms with van der Waals surface area (Å²) in [4.78, 5) is 12.6. The van der Waals surface area contributed by atoms with E-state index in [1.54, 1.807) is 0 Å². The summed E-state index contributed by atoms with van der Waals surface area (Å²) in [7, 11) is 0. The molecule has 0 saturated carbocycles. The fourth-order valence-corrected chi connectivity index (χ4v) is 2.74. The van der Waals surface area contributed by atoms with E-state index in [0.717, 1.165) is 38.8 Å². The SMILES string of the molecule is CCCC1(C(=O)NC(C)c2nn[nH]n2)CCNCC1. The second-order valence-electron chi connectivity index (χ2n) is 5.25. The van der Waals surface area contributed by atoms with Crippen LogP contribution in [0.25, 0.3) is 0 Å². The average Bonchev–Trinajstić information content (AvgIpc) is 2.94. The van der Waals surface area contributed by atoms with Gasteiger partial charge in [-0.2, -0.15) is 5.21 Å². The van der Waals surface area contributed by atoms with Crippen LogP contribution in [0.3, 0.4) is 0 Å². The average molecular weight is 266 g/mol. The largest absolute Gasteiger partial charge is 0.346 e. The Morgan fingerprint density at radius 1 is 1.47 bits per heavy atom. The Morgan fingerprint density at radius 3 is 2.79 bits per heavy atom. The molecular weight excluding hydrogens is 244 g/mol. The number of carbonyl (C=O) groups is 1. The Bertz CT molecular complexity index is 393. The van der Waals surface area contributed by atoms with Gasteiger partial charge in [0.15, 0.2) is 5.82 Å². The molecule has 0 aromatic carbocycles. The summed E-state index contributed by atoms with van der Waals surface area (Å²) in [5.41, 5.74) is -0.238. The van der Waals surface area contributed by atoms with Gasteiger partial charge in [-0.05, 0) is 39.3 Å². The summed E-state index contributed by atoms with van der Waals surface area (Å²) in [5.74, 6) is 0.641. The van der Waals surface area contributed by atoms with Crippen molar-refractivity contribution in [1.29, 1.82) is 0 Å². The van der Waals surface area contributed by atoms with Gasteiger partial charge in [0.05, 0.1) is 11.5 Å². The molecule has 106 valence electrons. The van der Waals surface area contributed by atoms with Crippen LogP contribution in [-0.4, -0.2) is 39.6 Å². The van der Waals surface area contributed by atoms with Crippen LogP contribution in [0.4, 0.5) is 0 Å². The van der Waals surface area contributed by atoms with Crippen molar-refractivity contribution in [2.75, 3.05) is 13.1 Å². The van der Waals surface area contributed by atoms with Crippen LogP contribution >= 0.6 is 0 Å². The molecule has 1 saturated heterocycles. The number of aromatic amines is 1. The van der Waals surface area contributed by atoms with Crippen molar-refractivity contribution in [2.45, 2.75) is 45.6 Å². The van der Waals surface area contributed by atoms with Crippen LogP contribution in [-0.2, 0) is 4.79 Å². The molecule has 1 aliphatic heterocycles. The maximum absolute atomic E-state index is 12.6. The number of hydrogen-bond donors (Lipinski definition) is 3. The second-order valence-corrected chi connectivity index (χ2v) is 5.25. The molecule has 1 fully saturated rings. The first-order chi connectivity index (χ1) is 9.18. The second kappa shape index (κ2) is 6.10. The lowest BCUT2D eigenvalue weighted by molar-refractivity contribution is -0.134. The summed E-state index contributed by atoms with van der Waals surface area (Å²) in [6.45, 7) is 5.82. The van der Waals surface area contributed by atoms with Gasteiger partial charge in [-0.3, -0.25) is 4.79 Å². The van der Waals surface area contributed by atoms with Crippen molar-refractivity contribution in [3.8, 4) is 0 Å². The number of rotatable bonds is 5. The van der Waals surface area contributed by atoms with Gasteiger partial charge in [-0.25, -0.2) is 0 Å². The van der Waals surface area contributed by atoms with Gasteiger partial charge in [0, 0.05) is 0 Å². The van der Waals surface area contributed by atoms with Gasteiger partial charge >= 0.3 is 0 Å². The molecular formula is C12H22N6O. The molecule has 2 rings (SSSR count). The first-order valence-electron chi connectivity index (χ1n) is 6.93. The minimum Gasteiger partial charge on any atom is -0.346 e. The van der Waals surface area contributed by atoms with E-state index in [1.165, 1.54) is 0 Å². The minimum atomic E-state index is -0.238. The monoisotopic (exact) mass is 266 g/mol.